The van der Waals surface area contributed by atoms with E-state index in [1.165, 1.54) is 0 Å². The fraction of sp³-hybridized carbons (Fsp3) is 0.538. The summed E-state index contributed by atoms with van der Waals surface area (Å²) >= 11 is 6.42. The molecule has 0 amide bonds. The van der Waals surface area contributed by atoms with Crippen molar-refractivity contribution in [2.45, 2.75) is 46.5 Å². The summed E-state index contributed by atoms with van der Waals surface area (Å²) in [5.74, 6) is 0.359. The molecule has 0 aliphatic carbocycles. The van der Waals surface area contributed by atoms with Gasteiger partial charge in [-0.2, -0.15) is 5.10 Å². The Balaban J connectivity index is 2.65. The predicted octanol–water partition coefficient (Wildman–Crippen LogP) is 3.77. The highest BCUT2D eigenvalue weighted by atomic mass is 35.5. The van der Waals surface area contributed by atoms with Gasteiger partial charge in [0, 0.05) is 17.3 Å². The fourth-order valence-corrected chi connectivity index (χ4v) is 2.65. The Morgan fingerprint density at radius 2 is 2.12 bits per heavy atom. The molecule has 2 rings (SSSR count). The van der Waals surface area contributed by atoms with Crippen LogP contribution in [0.3, 0.4) is 0 Å². The molecule has 0 saturated carbocycles. The average molecular weight is 252 g/mol. The monoisotopic (exact) mass is 251 g/mol. The summed E-state index contributed by atoms with van der Waals surface area (Å²) in [7, 11) is 0. The number of aromatic nitrogens is 3. The van der Waals surface area contributed by atoms with Gasteiger partial charge in [-0.25, -0.2) is 9.50 Å². The normalized spacial score (nSPS) is 11.6. The molecule has 0 unspecified atom stereocenters. The van der Waals surface area contributed by atoms with E-state index in [0.717, 1.165) is 35.4 Å². The van der Waals surface area contributed by atoms with E-state index in [9.17, 15) is 0 Å². The first kappa shape index (κ1) is 12.4. The van der Waals surface area contributed by atoms with Gasteiger partial charge in [0.1, 0.15) is 5.15 Å². The molecule has 0 saturated heterocycles. The van der Waals surface area contributed by atoms with Crippen LogP contribution >= 0.6 is 11.6 Å². The van der Waals surface area contributed by atoms with Crippen LogP contribution in [0, 0.1) is 6.92 Å². The second-order valence-corrected chi connectivity index (χ2v) is 5.07. The van der Waals surface area contributed by atoms with Crippen molar-refractivity contribution >= 4 is 17.2 Å². The molecular formula is C13H18ClN3. The van der Waals surface area contributed by atoms with Crippen LogP contribution in [0.2, 0.25) is 5.15 Å². The van der Waals surface area contributed by atoms with Gasteiger partial charge in [0.25, 0.3) is 0 Å². The van der Waals surface area contributed by atoms with E-state index < -0.39 is 0 Å². The summed E-state index contributed by atoms with van der Waals surface area (Å²) in [6.45, 7) is 8.40. The van der Waals surface area contributed by atoms with Crippen LogP contribution in [-0.2, 0) is 6.42 Å². The van der Waals surface area contributed by atoms with Gasteiger partial charge in [-0.15, -0.1) is 0 Å². The fourth-order valence-electron chi connectivity index (χ4n) is 2.17. The quantitative estimate of drug-likeness (QED) is 0.778. The van der Waals surface area contributed by atoms with Gasteiger partial charge < -0.3 is 0 Å². The van der Waals surface area contributed by atoms with Crippen molar-refractivity contribution in [1.29, 1.82) is 0 Å². The lowest BCUT2D eigenvalue weighted by molar-refractivity contribution is 0.789. The van der Waals surface area contributed by atoms with Crippen molar-refractivity contribution in [3.63, 3.8) is 0 Å². The van der Waals surface area contributed by atoms with Crippen LogP contribution in [0.15, 0.2) is 6.07 Å². The lowest BCUT2D eigenvalue weighted by atomic mass is 10.0. The minimum absolute atomic E-state index is 0.359. The van der Waals surface area contributed by atoms with Crippen molar-refractivity contribution in [3.05, 3.63) is 28.2 Å². The van der Waals surface area contributed by atoms with Crippen molar-refractivity contribution in [2.24, 2.45) is 0 Å². The summed E-state index contributed by atoms with van der Waals surface area (Å²) in [5.41, 5.74) is 3.99. The van der Waals surface area contributed by atoms with Gasteiger partial charge in [0.15, 0.2) is 5.65 Å². The Bertz CT molecular complexity index is 543. The molecule has 0 atom stereocenters. The second kappa shape index (κ2) is 4.65. The number of fused-ring (bicyclic) bond motifs is 1. The lowest BCUT2D eigenvalue weighted by Gasteiger charge is -2.11. The zero-order chi connectivity index (χ0) is 12.6. The number of hydrogen-bond donors (Lipinski definition) is 0. The molecule has 0 aliphatic heterocycles. The topological polar surface area (TPSA) is 30.2 Å². The van der Waals surface area contributed by atoms with Crippen molar-refractivity contribution in [2.75, 3.05) is 0 Å². The first-order chi connectivity index (χ1) is 8.04. The summed E-state index contributed by atoms with van der Waals surface area (Å²) in [5, 5.41) is 5.21. The van der Waals surface area contributed by atoms with Gasteiger partial charge in [-0.1, -0.05) is 38.8 Å². The first-order valence-corrected chi connectivity index (χ1v) is 6.47. The Morgan fingerprint density at radius 1 is 1.41 bits per heavy atom. The molecule has 2 heterocycles. The zero-order valence-corrected chi connectivity index (χ0v) is 11.5. The third-order valence-corrected chi connectivity index (χ3v) is 3.27. The maximum absolute atomic E-state index is 6.42. The summed E-state index contributed by atoms with van der Waals surface area (Å²) in [6, 6.07) is 2.02. The van der Waals surface area contributed by atoms with Crippen molar-refractivity contribution in [3.8, 4) is 0 Å². The molecule has 0 radical (unpaired) electrons. The number of aryl methyl sites for hydroxylation is 2. The molecule has 3 nitrogen and oxygen atoms in total. The molecule has 2 aromatic rings. The second-order valence-electron chi connectivity index (χ2n) is 4.71. The first-order valence-electron chi connectivity index (χ1n) is 6.09. The maximum atomic E-state index is 6.42. The van der Waals surface area contributed by atoms with E-state index >= 15 is 0 Å². The molecule has 4 heteroatoms. The Labute approximate surface area is 107 Å². The smallest absolute Gasteiger partial charge is 0.157 e. The molecule has 0 bridgehead atoms. The average Bonchev–Trinajstić information content (AvgIpc) is 2.60. The molecule has 0 spiro atoms. The number of hydrogen-bond acceptors (Lipinski definition) is 2. The Hall–Kier alpha value is -1.09. The molecule has 0 aromatic carbocycles. The molecular weight excluding hydrogens is 234 g/mol. The van der Waals surface area contributed by atoms with Gasteiger partial charge in [-0.3, -0.25) is 0 Å². The van der Waals surface area contributed by atoms with E-state index in [4.69, 9.17) is 11.6 Å². The molecule has 0 N–H and O–H groups in total. The van der Waals surface area contributed by atoms with Crippen LogP contribution in [0.1, 0.15) is 50.1 Å². The largest absolute Gasteiger partial charge is 0.233 e. The highest BCUT2D eigenvalue weighted by Gasteiger charge is 2.15. The van der Waals surface area contributed by atoms with Gasteiger partial charge in [0.2, 0.25) is 0 Å². The third kappa shape index (κ3) is 2.16. The SMILES string of the molecule is CCCc1cc2nc(C)c(C(C)C)c(Cl)n2n1. The zero-order valence-electron chi connectivity index (χ0n) is 10.8. The van der Waals surface area contributed by atoms with E-state index in [2.05, 4.69) is 30.9 Å². The molecule has 0 aliphatic rings. The summed E-state index contributed by atoms with van der Waals surface area (Å²) < 4.78 is 1.76. The van der Waals surface area contributed by atoms with E-state index in [0.29, 0.717) is 11.1 Å². The molecule has 92 valence electrons. The minimum Gasteiger partial charge on any atom is -0.233 e. The predicted molar refractivity (Wildman–Crippen MR) is 70.8 cm³/mol. The van der Waals surface area contributed by atoms with E-state index in [-0.39, 0.29) is 0 Å². The standard InChI is InChI=1S/C13H18ClN3/c1-5-6-10-7-11-15-9(4)12(8(2)3)13(14)17(11)16-10/h7-8H,5-6H2,1-4H3. The van der Waals surface area contributed by atoms with Crippen molar-refractivity contribution < 1.29 is 0 Å². The van der Waals surface area contributed by atoms with Gasteiger partial charge >= 0.3 is 0 Å². The number of halogens is 1. The molecule has 0 fully saturated rings. The molecule has 17 heavy (non-hydrogen) atoms. The third-order valence-electron chi connectivity index (χ3n) is 2.90. The van der Waals surface area contributed by atoms with Gasteiger partial charge in [-0.05, 0) is 19.3 Å². The highest BCUT2D eigenvalue weighted by Crippen LogP contribution is 2.27. The van der Waals surface area contributed by atoms with Crippen LogP contribution < -0.4 is 0 Å². The summed E-state index contributed by atoms with van der Waals surface area (Å²) in [6.07, 6.45) is 2.05. The highest BCUT2D eigenvalue weighted by molar-refractivity contribution is 6.30. The number of rotatable bonds is 3. The number of nitrogens with zero attached hydrogens (tertiary/aromatic N) is 3. The van der Waals surface area contributed by atoms with Gasteiger partial charge in [0.05, 0.1) is 5.69 Å². The Kier molecular flexibility index (Phi) is 3.38. The van der Waals surface area contributed by atoms with Crippen LogP contribution in [0.5, 0.6) is 0 Å². The maximum Gasteiger partial charge on any atom is 0.157 e. The van der Waals surface area contributed by atoms with Crippen LogP contribution in [0.4, 0.5) is 0 Å². The molecule has 2 aromatic heterocycles. The van der Waals surface area contributed by atoms with Crippen molar-refractivity contribution in [1.82, 2.24) is 14.6 Å². The van der Waals surface area contributed by atoms with E-state index in [1.54, 1.807) is 4.52 Å². The lowest BCUT2D eigenvalue weighted by Crippen LogP contribution is -2.03. The van der Waals surface area contributed by atoms with E-state index in [1.807, 2.05) is 13.0 Å². The Morgan fingerprint density at radius 3 is 2.71 bits per heavy atom. The van der Waals surface area contributed by atoms with Crippen LogP contribution in [0.25, 0.3) is 5.65 Å². The summed E-state index contributed by atoms with van der Waals surface area (Å²) in [4.78, 5) is 4.58. The van der Waals surface area contributed by atoms with Crippen LogP contribution in [-0.4, -0.2) is 14.6 Å². The minimum atomic E-state index is 0.359.